The summed E-state index contributed by atoms with van der Waals surface area (Å²) in [5, 5.41) is 24.0. The fraction of sp³-hybridized carbons (Fsp3) is 0.667. The number of ketones is 1. The molecule has 0 spiro atoms. The lowest BCUT2D eigenvalue weighted by Gasteiger charge is -2.34. The van der Waals surface area contributed by atoms with E-state index < -0.39 is 23.5 Å². The largest absolute Gasteiger partial charge is 0.392 e. The Kier molecular flexibility index (Phi) is 12.5. The van der Waals surface area contributed by atoms with E-state index >= 15 is 0 Å². The van der Waals surface area contributed by atoms with Gasteiger partial charge in [-0.2, -0.15) is 0 Å². The number of aryl methyl sites for hydroxylation is 1. The zero-order chi connectivity index (χ0) is 26.1. The number of nitrogens with two attached hydrogens (primary N) is 1. The van der Waals surface area contributed by atoms with Crippen molar-refractivity contribution in [3.63, 3.8) is 0 Å². The van der Waals surface area contributed by atoms with Crippen molar-refractivity contribution < 1.29 is 19.8 Å². The van der Waals surface area contributed by atoms with Crippen molar-refractivity contribution >= 4 is 29.5 Å². The van der Waals surface area contributed by atoms with E-state index in [2.05, 4.69) is 31.0 Å². The summed E-state index contributed by atoms with van der Waals surface area (Å²) in [6.45, 7) is 13.0. The van der Waals surface area contributed by atoms with E-state index in [1.54, 1.807) is 32.1 Å². The first-order chi connectivity index (χ1) is 15.8. The summed E-state index contributed by atoms with van der Waals surface area (Å²) in [4.78, 5) is 28.1. The predicted molar refractivity (Wildman–Crippen MR) is 141 cm³/mol. The smallest absolute Gasteiger partial charge is 0.146 e. The maximum absolute atomic E-state index is 12.9. The molecule has 0 aliphatic carbocycles. The average molecular weight is 493 g/mol. The van der Waals surface area contributed by atoms with Gasteiger partial charge in [-0.3, -0.25) is 4.79 Å². The molecule has 0 fully saturated rings. The molecule has 0 aromatic carbocycles. The van der Waals surface area contributed by atoms with Gasteiger partial charge in [0.2, 0.25) is 0 Å². The van der Waals surface area contributed by atoms with Gasteiger partial charge in [-0.25, -0.2) is 4.98 Å². The Hall–Kier alpha value is -1.67. The second-order valence-electron chi connectivity index (χ2n) is 10.3. The maximum atomic E-state index is 12.9. The van der Waals surface area contributed by atoms with Gasteiger partial charge in [-0.15, -0.1) is 11.3 Å². The summed E-state index contributed by atoms with van der Waals surface area (Å²) in [7, 11) is 0. The van der Waals surface area contributed by atoms with Crippen molar-refractivity contribution in [1.29, 1.82) is 0 Å². The first-order valence-corrected chi connectivity index (χ1v) is 13.0. The number of hydrogen-bond acceptors (Lipinski definition) is 7. The topological polar surface area (TPSA) is 114 Å². The number of aliphatic hydroxyl groups is 2. The third-order valence-corrected chi connectivity index (χ3v) is 7.41. The van der Waals surface area contributed by atoms with Crippen molar-refractivity contribution in [2.75, 3.05) is 0 Å². The van der Waals surface area contributed by atoms with Crippen LogP contribution in [0.2, 0.25) is 0 Å². The predicted octanol–water partition coefficient (Wildman–Crippen LogP) is 4.87. The number of carbonyl (C=O) groups is 2. The van der Waals surface area contributed by atoms with Crippen LogP contribution in [0, 0.1) is 24.2 Å². The zero-order valence-corrected chi connectivity index (χ0v) is 22.7. The summed E-state index contributed by atoms with van der Waals surface area (Å²) < 4.78 is 0. The Bertz CT molecular complexity index is 859. The molecule has 6 nitrogen and oxygen atoms in total. The van der Waals surface area contributed by atoms with Crippen LogP contribution in [-0.2, 0) is 9.59 Å². The average Bonchev–Trinajstić information content (AvgIpc) is 3.15. The van der Waals surface area contributed by atoms with Gasteiger partial charge in [0, 0.05) is 23.8 Å². The van der Waals surface area contributed by atoms with Crippen LogP contribution in [-0.4, -0.2) is 45.5 Å². The number of rotatable bonds is 15. The van der Waals surface area contributed by atoms with Crippen LogP contribution in [0.15, 0.2) is 22.6 Å². The third kappa shape index (κ3) is 9.53. The summed E-state index contributed by atoms with van der Waals surface area (Å²) in [6.07, 6.45) is 6.17. The van der Waals surface area contributed by atoms with E-state index in [4.69, 9.17) is 5.73 Å². The van der Waals surface area contributed by atoms with E-state index in [1.165, 1.54) is 11.1 Å². The lowest BCUT2D eigenvalue weighted by molar-refractivity contribution is -0.142. The molecule has 34 heavy (non-hydrogen) atoms. The van der Waals surface area contributed by atoms with E-state index in [0.717, 1.165) is 36.4 Å². The van der Waals surface area contributed by atoms with Crippen LogP contribution in [0.4, 0.5) is 0 Å². The fourth-order valence-corrected chi connectivity index (χ4v) is 4.87. The number of allylic oxidation sites excluding steroid dienone is 1. The maximum Gasteiger partial charge on any atom is 0.146 e. The first kappa shape index (κ1) is 30.4. The summed E-state index contributed by atoms with van der Waals surface area (Å²) in [6, 6.07) is -0.0586. The minimum absolute atomic E-state index is 0.0586. The third-order valence-electron chi connectivity index (χ3n) is 6.61. The van der Waals surface area contributed by atoms with Gasteiger partial charge in [0.1, 0.15) is 12.1 Å². The minimum Gasteiger partial charge on any atom is -0.392 e. The van der Waals surface area contributed by atoms with Crippen molar-refractivity contribution in [2.45, 2.75) is 98.8 Å². The molecule has 1 aromatic heterocycles. The number of aromatic nitrogens is 1. The number of nitrogens with zero attached hydrogens (tertiary/aromatic N) is 1. The van der Waals surface area contributed by atoms with Crippen LogP contribution in [0.3, 0.4) is 0 Å². The highest BCUT2D eigenvalue weighted by Crippen LogP contribution is 2.31. The fourth-order valence-electron chi connectivity index (χ4n) is 4.30. The van der Waals surface area contributed by atoms with Gasteiger partial charge in [-0.1, -0.05) is 44.9 Å². The number of aliphatic hydroxyl groups excluding tert-OH is 2. The molecule has 0 radical (unpaired) electrons. The molecule has 0 saturated carbocycles. The zero-order valence-electron chi connectivity index (χ0n) is 21.9. The number of carbonyl (C=O) groups excluding carboxylic acids is 2. The van der Waals surface area contributed by atoms with E-state index in [9.17, 15) is 19.8 Å². The SMILES string of the molecule is C/C(=C/C(N)C/C(C)=C/c1csc(C)n1)CCCC(C)C(O)C(C)C(=O)C(C)(C)C(O)CC=O. The second-order valence-corrected chi connectivity index (χ2v) is 11.4. The van der Waals surface area contributed by atoms with Crippen molar-refractivity contribution in [3.8, 4) is 0 Å². The first-order valence-electron chi connectivity index (χ1n) is 12.2. The lowest BCUT2D eigenvalue weighted by atomic mass is 9.73. The Morgan fingerprint density at radius 2 is 1.88 bits per heavy atom. The molecule has 1 heterocycles. The molecular formula is C27H44N2O4S. The van der Waals surface area contributed by atoms with Gasteiger partial charge in [0.05, 0.1) is 28.3 Å². The molecule has 0 amide bonds. The lowest BCUT2D eigenvalue weighted by Crippen LogP contribution is -2.44. The molecular weight excluding hydrogens is 448 g/mol. The van der Waals surface area contributed by atoms with E-state index in [0.29, 0.717) is 6.29 Å². The van der Waals surface area contributed by atoms with Crippen LogP contribution in [0.5, 0.6) is 0 Å². The molecule has 7 heteroatoms. The van der Waals surface area contributed by atoms with Gasteiger partial charge in [0.25, 0.3) is 0 Å². The molecule has 5 atom stereocenters. The summed E-state index contributed by atoms with van der Waals surface area (Å²) in [5.41, 5.74) is 8.63. The molecule has 1 aromatic rings. The van der Waals surface area contributed by atoms with Gasteiger partial charge in [0.15, 0.2) is 0 Å². The monoisotopic (exact) mass is 492 g/mol. The normalized spacial score (nSPS) is 17.7. The highest BCUT2D eigenvalue weighted by molar-refractivity contribution is 7.09. The standard InChI is InChI=1S/C27H44N2O4S/c1-17(13-22(28)14-18(2)15-23-16-34-21(5)29-23)9-8-10-19(3)25(32)20(4)26(33)27(6,7)24(31)11-12-30/h12-13,15-16,19-20,22,24-25,31-32H,8-11,14,28H2,1-7H3/b17-13-,18-15+. The van der Waals surface area contributed by atoms with Crippen molar-refractivity contribution in [2.24, 2.45) is 23.0 Å². The van der Waals surface area contributed by atoms with Crippen LogP contribution < -0.4 is 5.73 Å². The van der Waals surface area contributed by atoms with E-state index in [1.807, 2.05) is 19.2 Å². The minimum atomic E-state index is -1.08. The van der Waals surface area contributed by atoms with Crippen LogP contribution in [0.25, 0.3) is 6.08 Å². The van der Waals surface area contributed by atoms with Gasteiger partial charge < -0.3 is 20.7 Å². The van der Waals surface area contributed by atoms with Crippen molar-refractivity contribution in [3.05, 3.63) is 33.3 Å². The second kappa shape index (κ2) is 14.0. The Morgan fingerprint density at radius 3 is 2.44 bits per heavy atom. The molecule has 4 N–H and O–H groups in total. The molecule has 0 aliphatic rings. The van der Waals surface area contributed by atoms with Crippen LogP contribution in [0.1, 0.15) is 84.3 Å². The highest BCUT2D eigenvalue weighted by atomic mass is 32.1. The molecule has 192 valence electrons. The number of Topliss-reactive ketones (excluding diaryl/α,β-unsaturated/α-hetero) is 1. The molecule has 0 aliphatic heterocycles. The highest BCUT2D eigenvalue weighted by Gasteiger charge is 2.40. The summed E-state index contributed by atoms with van der Waals surface area (Å²) in [5.74, 6) is -0.904. The summed E-state index contributed by atoms with van der Waals surface area (Å²) >= 11 is 1.64. The molecule has 0 bridgehead atoms. The van der Waals surface area contributed by atoms with Crippen molar-refractivity contribution in [1.82, 2.24) is 4.98 Å². The molecule has 5 unspecified atom stereocenters. The molecule has 0 saturated heterocycles. The van der Waals surface area contributed by atoms with Gasteiger partial charge >= 0.3 is 0 Å². The Balaban J connectivity index is 2.54. The number of hydrogen-bond donors (Lipinski definition) is 3. The Labute approximate surface area is 209 Å². The molecule has 1 rings (SSSR count). The number of thiazole rings is 1. The van der Waals surface area contributed by atoms with E-state index in [-0.39, 0.29) is 24.2 Å². The quantitative estimate of drug-likeness (QED) is 0.238. The van der Waals surface area contributed by atoms with Crippen LogP contribution >= 0.6 is 11.3 Å². The number of aldehydes is 1. The van der Waals surface area contributed by atoms with Gasteiger partial charge in [-0.05, 0) is 58.4 Å². The Morgan fingerprint density at radius 1 is 1.24 bits per heavy atom.